The van der Waals surface area contributed by atoms with Crippen LogP contribution in [0.3, 0.4) is 0 Å². The molecule has 0 amide bonds. The first-order valence-electron chi connectivity index (χ1n) is 2.11. The van der Waals surface area contributed by atoms with E-state index in [0.29, 0.717) is 0 Å². The zero-order valence-electron chi connectivity index (χ0n) is 4.32. The fourth-order valence-electron chi connectivity index (χ4n) is 0.215. The third kappa shape index (κ3) is 5.23. The highest BCUT2D eigenvalue weighted by atomic mass is 16.6. The number of hydrogen-bond acceptors (Lipinski definition) is 3. The molecule has 0 aliphatic carbocycles. The van der Waals surface area contributed by atoms with Crippen LogP contribution in [0.4, 0.5) is 0 Å². The van der Waals surface area contributed by atoms with Gasteiger partial charge in [0.2, 0.25) is 0 Å². The Hall–Kier alpha value is -0.770. The number of azide groups is 1. The van der Waals surface area contributed by atoms with E-state index in [0.717, 1.165) is 0 Å². The highest BCUT2D eigenvalue weighted by Gasteiger charge is 1.78. The predicted octanol–water partition coefficient (Wildman–Crippen LogP) is 0.263. The summed E-state index contributed by atoms with van der Waals surface area (Å²) in [6.07, 6.45) is 0. The Morgan fingerprint density at radius 1 is 1.75 bits per heavy atom. The van der Waals surface area contributed by atoms with Gasteiger partial charge in [-0.1, -0.05) is 5.11 Å². The molecule has 0 radical (unpaired) electrons. The highest BCUT2D eigenvalue weighted by Crippen LogP contribution is 1.72. The van der Waals surface area contributed by atoms with Gasteiger partial charge in [0.1, 0.15) is 6.79 Å². The van der Waals surface area contributed by atoms with Crippen molar-refractivity contribution in [3.05, 3.63) is 10.4 Å². The maximum atomic E-state index is 8.01. The summed E-state index contributed by atoms with van der Waals surface area (Å²) in [5.41, 5.74) is 7.71. The molecule has 0 saturated heterocycles. The van der Waals surface area contributed by atoms with Gasteiger partial charge in [0.15, 0.2) is 0 Å². The summed E-state index contributed by atoms with van der Waals surface area (Å²) in [5.74, 6) is 0. The monoisotopic (exact) mass is 117 g/mol. The van der Waals surface area contributed by atoms with E-state index in [4.69, 9.17) is 10.6 Å². The molecule has 1 N–H and O–H groups in total. The molecule has 0 aliphatic heterocycles. The first-order chi connectivity index (χ1) is 3.91. The molecular formula is C3H7N3O2. The van der Waals surface area contributed by atoms with Gasteiger partial charge < -0.3 is 9.84 Å². The summed E-state index contributed by atoms with van der Waals surface area (Å²) in [6, 6.07) is 0. The van der Waals surface area contributed by atoms with E-state index in [-0.39, 0.29) is 19.9 Å². The van der Waals surface area contributed by atoms with Gasteiger partial charge >= 0.3 is 0 Å². The number of ether oxygens (including phenoxy) is 1. The van der Waals surface area contributed by atoms with Gasteiger partial charge in [-0.05, 0) is 5.53 Å². The molecule has 0 aromatic carbocycles. The van der Waals surface area contributed by atoms with Crippen LogP contribution in [0, 0.1) is 0 Å². The van der Waals surface area contributed by atoms with E-state index in [1.807, 2.05) is 0 Å². The van der Waals surface area contributed by atoms with Crippen molar-refractivity contribution in [2.45, 2.75) is 0 Å². The summed E-state index contributed by atoms with van der Waals surface area (Å²) >= 11 is 0. The minimum Gasteiger partial charge on any atom is -0.371 e. The van der Waals surface area contributed by atoms with Crippen LogP contribution in [0.25, 0.3) is 10.4 Å². The lowest BCUT2D eigenvalue weighted by molar-refractivity contribution is 0.00270. The van der Waals surface area contributed by atoms with Crippen LogP contribution in [0.5, 0.6) is 0 Å². The first kappa shape index (κ1) is 7.23. The molecule has 0 atom stereocenters. The van der Waals surface area contributed by atoms with E-state index in [1.165, 1.54) is 0 Å². The van der Waals surface area contributed by atoms with Gasteiger partial charge in [-0.2, -0.15) is 0 Å². The molecule has 46 valence electrons. The van der Waals surface area contributed by atoms with Crippen LogP contribution >= 0.6 is 0 Å². The third-order valence-electron chi connectivity index (χ3n) is 0.490. The normalized spacial score (nSPS) is 8.12. The molecule has 0 heterocycles. The lowest BCUT2D eigenvalue weighted by Gasteiger charge is -1.91. The molecule has 8 heavy (non-hydrogen) atoms. The van der Waals surface area contributed by atoms with Crippen LogP contribution < -0.4 is 0 Å². The number of aliphatic hydroxyl groups excluding tert-OH is 1. The van der Waals surface area contributed by atoms with Crippen molar-refractivity contribution < 1.29 is 9.84 Å². The van der Waals surface area contributed by atoms with Gasteiger partial charge in [-0.15, -0.1) is 0 Å². The molecule has 0 rings (SSSR count). The molecular weight excluding hydrogens is 110 g/mol. The van der Waals surface area contributed by atoms with Gasteiger partial charge in [0, 0.05) is 11.5 Å². The largest absolute Gasteiger partial charge is 0.371 e. The molecule has 5 nitrogen and oxygen atoms in total. The zero-order chi connectivity index (χ0) is 6.24. The van der Waals surface area contributed by atoms with Gasteiger partial charge in [-0.25, -0.2) is 0 Å². The first-order valence-corrected chi connectivity index (χ1v) is 2.11. The van der Waals surface area contributed by atoms with Gasteiger partial charge in [0.05, 0.1) is 6.61 Å². The quantitative estimate of drug-likeness (QED) is 0.188. The van der Waals surface area contributed by atoms with Crippen LogP contribution in [0.2, 0.25) is 0 Å². The van der Waals surface area contributed by atoms with Crippen molar-refractivity contribution >= 4 is 0 Å². The molecule has 0 spiro atoms. The number of rotatable bonds is 4. The molecule has 0 fully saturated rings. The Labute approximate surface area is 46.5 Å². The smallest absolute Gasteiger partial charge is 0.143 e. The Morgan fingerprint density at radius 2 is 2.50 bits per heavy atom. The molecule has 5 heteroatoms. The molecule has 0 aromatic heterocycles. The second-order valence-electron chi connectivity index (χ2n) is 0.992. The Bertz CT molecular complexity index is 88.5. The van der Waals surface area contributed by atoms with E-state index in [9.17, 15) is 0 Å². The number of nitrogens with zero attached hydrogens (tertiary/aromatic N) is 3. The summed E-state index contributed by atoms with van der Waals surface area (Å²) in [7, 11) is 0. The van der Waals surface area contributed by atoms with Gasteiger partial charge in [-0.3, -0.25) is 0 Å². The van der Waals surface area contributed by atoms with E-state index >= 15 is 0 Å². The van der Waals surface area contributed by atoms with Crippen LogP contribution in [0.1, 0.15) is 0 Å². The number of hydrogen-bond donors (Lipinski definition) is 1. The second-order valence-corrected chi connectivity index (χ2v) is 0.992. The average molecular weight is 117 g/mol. The fourth-order valence-corrected chi connectivity index (χ4v) is 0.215. The molecule has 0 unspecified atom stereocenters. The fraction of sp³-hybridized carbons (Fsp3) is 1.00. The zero-order valence-corrected chi connectivity index (χ0v) is 4.32. The molecule has 0 saturated carbocycles. The topological polar surface area (TPSA) is 78.2 Å². The van der Waals surface area contributed by atoms with Crippen molar-refractivity contribution in [2.24, 2.45) is 5.11 Å². The minimum atomic E-state index is -0.319. The number of aliphatic hydroxyl groups is 1. The molecule has 0 aliphatic rings. The van der Waals surface area contributed by atoms with Gasteiger partial charge in [0.25, 0.3) is 0 Å². The second kappa shape index (κ2) is 6.23. The van der Waals surface area contributed by atoms with Crippen molar-refractivity contribution in [3.63, 3.8) is 0 Å². The van der Waals surface area contributed by atoms with Crippen LogP contribution in [-0.2, 0) is 4.74 Å². The van der Waals surface area contributed by atoms with Crippen molar-refractivity contribution in [2.75, 3.05) is 19.9 Å². The van der Waals surface area contributed by atoms with Crippen molar-refractivity contribution in [1.82, 2.24) is 0 Å². The molecule has 0 aromatic rings. The minimum absolute atomic E-state index is 0.275. The van der Waals surface area contributed by atoms with E-state index in [2.05, 4.69) is 14.8 Å². The van der Waals surface area contributed by atoms with E-state index < -0.39 is 0 Å². The predicted molar refractivity (Wildman–Crippen MR) is 27.1 cm³/mol. The lowest BCUT2D eigenvalue weighted by atomic mass is 10.7. The van der Waals surface area contributed by atoms with Crippen molar-refractivity contribution in [3.8, 4) is 0 Å². The van der Waals surface area contributed by atoms with Crippen LogP contribution in [0.15, 0.2) is 5.11 Å². The van der Waals surface area contributed by atoms with Crippen molar-refractivity contribution in [1.29, 1.82) is 0 Å². The highest BCUT2D eigenvalue weighted by molar-refractivity contribution is 4.42. The maximum absolute atomic E-state index is 8.01. The van der Waals surface area contributed by atoms with E-state index in [1.54, 1.807) is 0 Å². The Balaban J connectivity index is 2.82. The third-order valence-corrected chi connectivity index (χ3v) is 0.490. The maximum Gasteiger partial charge on any atom is 0.143 e. The lowest BCUT2D eigenvalue weighted by Crippen LogP contribution is -1.97. The average Bonchev–Trinajstić information content (AvgIpc) is 1.81. The summed E-state index contributed by atoms with van der Waals surface area (Å²) in [6.45, 7) is 0.235. The Kier molecular flexibility index (Phi) is 5.63. The SMILES string of the molecule is [N-]=[N+]=NCCOCO. The standard InChI is InChI=1S/C3H7N3O2/c4-6-5-1-2-8-3-7/h7H,1-3H2. The Morgan fingerprint density at radius 3 is 3.00 bits per heavy atom. The van der Waals surface area contributed by atoms with Crippen LogP contribution in [-0.4, -0.2) is 25.1 Å². The summed E-state index contributed by atoms with van der Waals surface area (Å²) in [5, 5.41) is 11.2. The molecule has 0 bridgehead atoms. The summed E-state index contributed by atoms with van der Waals surface area (Å²) in [4.78, 5) is 2.47. The summed E-state index contributed by atoms with van der Waals surface area (Å²) < 4.78 is 4.43.